The number of carbonyl (C=O) groups excluding carboxylic acids is 2. The van der Waals surface area contributed by atoms with E-state index >= 15 is 0 Å². The van der Waals surface area contributed by atoms with Crippen LogP contribution in [0.15, 0.2) is 0 Å². The van der Waals surface area contributed by atoms with Crippen LogP contribution in [0.1, 0.15) is 32.1 Å². The summed E-state index contributed by atoms with van der Waals surface area (Å²) < 4.78 is 5.20. The topological polar surface area (TPSA) is 84.7 Å². The number of morpholine rings is 1. The highest BCUT2D eigenvalue weighted by atomic mass is 16.5. The summed E-state index contributed by atoms with van der Waals surface area (Å²) in [6, 6.07) is 0.163. The fourth-order valence-corrected chi connectivity index (χ4v) is 2.91. The molecular formula is C14H25N3O3. The molecule has 1 saturated carbocycles. The first-order chi connectivity index (χ1) is 9.66. The Kier molecular flexibility index (Phi) is 5.79. The lowest BCUT2D eigenvalue weighted by molar-refractivity contribution is -0.135. The Balaban J connectivity index is 1.60. The molecule has 3 N–H and O–H groups in total. The van der Waals surface area contributed by atoms with Gasteiger partial charge in [-0.15, -0.1) is 0 Å². The van der Waals surface area contributed by atoms with Crippen molar-refractivity contribution >= 4 is 11.8 Å². The molecule has 1 aliphatic carbocycles. The molecule has 0 aromatic heterocycles. The summed E-state index contributed by atoms with van der Waals surface area (Å²) in [6.45, 7) is 2.94. The molecular weight excluding hydrogens is 258 g/mol. The molecule has 0 aromatic rings. The Bertz CT molecular complexity index is 343. The van der Waals surface area contributed by atoms with Crippen LogP contribution in [0.4, 0.5) is 0 Å². The van der Waals surface area contributed by atoms with Crippen LogP contribution in [0.2, 0.25) is 0 Å². The fourth-order valence-electron chi connectivity index (χ4n) is 2.91. The van der Waals surface area contributed by atoms with Gasteiger partial charge in [0, 0.05) is 38.5 Å². The Labute approximate surface area is 120 Å². The number of ether oxygens (including phenoxy) is 1. The van der Waals surface area contributed by atoms with E-state index in [4.69, 9.17) is 10.5 Å². The molecule has 0 radical (unpaired) electrons. The molecule has 2 rings (SSSR count). The van der Waals surface area contributed by atoms with Gasteiger partial charge in [-0.3, -0.25) is 9.59 Å². The Morgan fingerprint density at radius 3 is 2.65 bits per heavy atom. The standard InChI is InChI=1S/C14H25N3O3/c15-12-3-1-2-11(12)10-13(18)16-5-4-14(19)17-6-8-20-9-7-17/h11-12H,1-10,15H2,(H,16,18)/t11-,12+/m0/s1. The third kappa shape index (κ3) is 4.45. The fraction of sp³-hybridized carbons (Fsp3) is 0.857. The van der Waals surface area contributed by atoms with Crippen LogP contribution in [0.5, 0.6) is 0 Å². The lowest BCUT2D eigenvalue weighted by Crippen LogP contribution is -2.42. The second kappa shape index (κ2) is 7.59. The van der Waals surface area contributed by atoms with Crippen molar-refractivity contribution in [2.75, 3.05) is 32.8 Å². The third-order valence-electron chi connectivity index (χ3n) is 4.19. The summed E-state index contributed by atoms with van der Waals surface area (Å²) in [5.41, 5.74) is 5.95. The van der Waals surface area contributed by atoms with Crippen molar-refractivity contribution in [2.24, 2.45) is 11.7 Å². The van der Waals surface area contributed by atoms with Gasteiger partial charge in [0.25, 0.3) is 0 Å². The molecule has 0 bridgehead atoms. The molecule has 2 fully saturated rings. The van der Waals surface area contributed by atoms with E-state index in [9.17, 15) is 9.59 Å². The van der Waals surface area contributed by atoms with Crippen LogP contribution in [0.3, 0.4) is 0 Å². The van der Waals surface area contributed by atoms with E-state index in [0.717, 1.165) is 19.3 Å². The highest BCUT2D eigenvalue weighted by Crippen LogP contribution is 2.26. The van der Waals surface area contributed by atoms with E-state index in [1.165, 1.54) is 0 Å². The van der Waals surface area contributed by atoms with Gasteiger partial charge < -0.3 is 20.7 Å². The lowest BCUT2D eigenvalue weighted by atomic mass is 10.00. The second-order valence-corrected chi connectivity index (χ2v) is 5.65. The predicted molar refractivity (Wildman–Crippen MR) is 75.0 cm³/mol. The van der Waals surface area contributed by atoms with Gasteiger partial charge in [0.05, 0.1) is 13.2 Å². The summed E-state index contributed by atoms with van der Waals surface area (Å²) in [5.74, 6) is 0.415. The first kappa shape index (κ1) is 15.3. The molecule has 114 valence electrons. The van der Waals surface area contributed by atoms with Gasteiger partial charge in [-0.05, 0) is 18.8 Å². The van der Waals surface area contributed by atoms with E-state index in [1.54, 1.807) is 4.90 Å². The zero-order valence-electron chi connectivity index (χ0n) is 12.0. The maximum absolute atomic E-state index is 11.9. The van der Waals surface area contributed by atoms with Crippen LogP contribution in [-0.2, 0) is 14.3 Å². The van der Waals surface area contributed by atoms with Crippen molar-refractivity contribution in [3.8, 4) is 0 Å². The Morgan fingerprint density at radius 1 is 1.25 bits per heavy atom. The molecule has 20 heavy (non-hydrogen) atoms. The molecule has 2 aliphatic rings. The van der Waals surface area contributed by atoms with Crippen LogP contribution >= 0.6 is 0 Å². The maximum Gasteiger partial charge on any atom is 0.224 e. The number of nitrogens with one attached hydrogen (secondary N) is 1. The van der Waals surface area contributed by atoms with Crippen LogP contribution < -0.4 is 11.1 Å². The Morgan fingerprint density at radius 2 is 2.00 bits per heavy atom. The molecule has 1 heterocycles. The number of rotatable bonds is 5. The van der Waals surface area contributed by atoms with Gasteiger partial charge in [0.2, 0.25) is 11.8 Å². The minimum absolute atomic E-state index is 0.0159. The number of nitrogens with two attached hydrogens (primary N) is 1. The van der Waals surface area contributed by atoms with E-state index < -0.39 is 0 Å². The number of nitrogens with zero attached hydrogens (tertiary/aromatic N) is 1. The molecule has 6 heteroatoms. The molecule has 6 nitrogen and oxygen atoms in total. The summed E-state index contributed by atoms with van der Waals surface area (Å²) >= 11 is 0. The molecule has 0 aromatic carbocycles. The van der Waals surface area contributed by atoms with Gasteiger partial charge in [0.15, 0.2) is 0 Å². The Hall–Kier alpha value is -1.14. The monoisotopic (exact) mass is 283 g/mol. The molecule has 2 amide bonds. The van der Waals surface area contributed by atoms with Crippen molar-refractivity contribution in [3.05, 3.63) is 0 Å². The molecule has 2 atom stereocenters. The van der Waals surface area contributed by atoms with Crippen molar-refractivity contribution in [1.29, 1.82) is 0 Å². The van der Waals surface area contributed by atoms with Gasteiger partial charge in [-0.2, -0.15) is 0 Å². The molecule has 1 saturated heterocycles. The summed E-state index contributed by atoms with van der Waals surface area (Å²) in [6.07, 6.45) is 4.04. The van der Waals surface area contributed by atoms with E-state index in [-0.39, 0.29) is 17.9 Å². The average Bonchev–Trinajstić information content (AvgIpc) is 2.85. The van der Waals surface area contributed by atoms with E-state index in [0.29, 0.717) is 51.6 Å². The predicted octanol–water partition coefficient (Wildman–Crippen LogP) is -0.131. The molecule has 0 unspecified atom stereocenters. The highest BCUT2D eigenvalue weighted by molar-refractivity contribution is 5.79. The van der Waals surface area contributed by atoms with Crippen LogP contribution in [0, 0.1) is 5.92 Å². The zero-order valence-corrected chi connectivity index (χ0v) is 12.0. The van der Waals surface area contributed by atoms with Crippen molar-refractivity contribution < 1.29 is 14.3 Å². The van der Waals surface area contributed by atoms with Crippen molar-refractivity contribution in [3.63, 3.8) is 0 Å². The largest absolute Gasteiger partial charge is 0.378 e. The minimum Gasteiger partial charge on any atom is -0.378 e. The number of carbonyl (C=O) groups is 2. The van der Waals surface area contributed by atoms with Crippen LogP contribution in [-0.4, -0.2) is 55.6 Å². The second-order valence-electron chi connectivity index (χ2n) is 5.65. The summed E-state index contributed by atoms with van der Waals surface area (Å²) in [5, 5.41) is 2.83. The first-order valence-electron chi connectivity index (χ1n) is 7.54. The number of hydrogen-bond acceptors (Lipinski definition) is 4. The molecule has 1 aliphatic heterocycles. The smallest absolute Gasteiger partial charge is 0.224 e. The average molecular weight is 283 g/mol. The SMILES string of the molecule is N[C@@H]1CCC[C@H]1CC(=O)NCCC(=O)N1CCOCC1. The number of amides is 2. The van der Waals surface area contributed by atoms with Crippen LogP contribution in [0.25, 0.3) is 0 Å². The van der Waals surface area contributed by atoms with Crippen molar-refractivity contribution in [1.82, 2.24) is 10.2 Å². The van der Waals surface area contributed by atoms with Gasteiger partial charge in [-0.1, -0.05) is 6.42 Å². The normalized spacial score (nSPS) is 26.6. The summed E-state index contributed by atoms with van der Waals surface area (Å²) in [7, 11) is 0. The van der Waals surface area contributed by atoms with E-state index in [1.807, 2.05) is 0 Å². The lowest BCUT2D eigenvalue weighted by Gasteiger charge is -2.26. The minimum atomic E-state index is 0.0159. The van der Waals surface area contributed by atoms with Gasteiger partial charge in [-0.25, -0.2) is 0 Å². The van der Waals surface area contributed by atoms with Gasteiger partial charge in [0.1, 0.15) is 0 Å². The van der Waals surface area contributed by atoms with Gasteiger partial charge >= 0.3 is 0 Å². The zero-order chi connectivity index (χ0) is 14.4. The highest BCUT2D eigenvalue weighted by Gasteiger charge is 2.26. The van der Waals surface area contributed by atoms with Crippen molar-refractivity contribution in [2.45, 2.75) is 38.1 Å². The van der Waals surface area contributed by atoms with E-state index in [2.05, 4.69) is 5.32 Å². The number of hydrogen-bond donors (Lipinski definition) is 2. The quantitative estimate of drug-likeness (QED) is 0.736. The first-order valence-corrected chi connectivity index (χ1v) is 7.54. The summed E-state index contributed by atoms with van der Waals surface area (Å²) in [4.78, 5) is 25.5. The third-order valence-corrected chi connectivity index (χ3v) is 4.19. The maximum atomic E-state index is 11.9. The molecule has 0 spiro atoms.